The first kappa shape index (κ1) is 28.3. The summed E-state index contributed by atoms with van der Waals surface area (Å²) in [7, 11) is 5.78. The highest BCUT2D eigenvalue weighted by atomic mass is 19.4. The molecule has 1 aromatic carbocycles. The Kier molecular flexibility index (Phi) is 7.56. The number of ether oxygens (including phenoxy) is 1. The Hall–Kier alpha value is -4.26. The van der Waals surface area contributed by atoms with Gasteiger partial charge in [0.05, 0.1) is 23.8 Å². The van der Waals surface area contributed by atoms with Crippen molar-refractivity contribution in [1.82, 2.24) is 34.7 Å². The molecule has 0 aliphatic carbocycles. The molecule has 0 amide bonds. The number of carbonyl (C=O) groups is 1. The lowest BCUT2D eigenvalue weighted by molar-refractivity contribution is -0.274. The molecule has 1 saturated heterocycles. The second kappa shape index (κ2) is 11.0. The Morgan fingerprint density at radius 3 is 2.59 bits per heavy atom. The maximum Gasteiger partial charge on any atom is 0.573 e. The largest absolute Gasteiger partial charge is 0.573 e. The Morgan fingerprint density at radius 1 is 1.15 bits per heavy atom. The van der Waals surface area contributed by atoms with Crippen LogP contribution in [0.2, 0.25) is 0 Å². The van der Waals surface area contributed by atoms with E-state index in [1.165, 1.54) is 6.07 Å². The zero-order chi connectivity index (χ0) is 29.5. The van der Waals surface area contributed by atoms with Gasteiger partial charge in [-0.1, -0.05) is 5.21 Å². The van der Waals surface area contributed by atoms with Crippen LogP contribution in [0.4, 0.5) is 18.9 Å². The molecule has 1 atom stereocenters. The summed E-state index contributed by atoms with van der Waals surface area (Å²) in [6.45, 7) is 5.05. The second-order valence-electron chi connectivity index (χ2n) is 10.5. The fourth-order valence-electron chi connectivity index (χ4n) is 4.95. The van der Waals surface area contributed by atoms with Crippen LogP contribution in [0.15, 0.2) is 42.9 Å². The molecule has 41 heavy (non-hydrogen) atoms. The maximum absolute atomic E-state index is 13.4. The molecule has 1 aliphatic heterocycles. The predicted octanol–water partition coefficient (Wildman–Crippen LogP) is 4.14. The molecule has 13 heteroatoms. The highest BCUT2D eigenvalue weighted by molar-refractivity contribution is 5.99. The van der Waals surface area contributed by atoms with Crippen molar-refractivity contribution < 1.29 is 22.7 Å². The van der Waals surface area contributed by atoms with Gasteiger partial charge in [-0.25, -0.2) is 4.68 Å². The lowest BCUT2D eigenvalue weighted by Gasteiger charge is -2.23. The van der Waals surface area contributed by atoms with E-state index >= 15 is 0 Å². The minimum atomic E-state index is -4.88. The molecule has 0 radical (unpaired) electrons. The number of nitrogens with zero attached hydrogens (tertiary/aromatic N) is 8. The van der Waals surface area contributed by atoms with E-state index in [-0.39, 0.29) is 23.8 Å². The van der Waals surface area contributed by atoms with Gasteiger partial charge in [0, 0.05) is 67.4 Å². The molecular formula is C28H31F3N8O2. The van der Waals surface area contributed by atoms with Gasteiger partial charge in [0.1, 0.15) is 11.4 Å². The quantitative estimate of drug-likeness (QED) is 0.293. The fraction of sp³-hybridized carbons (Fsp3) is 0.393. The zero-order valence-electron chi connectivity index (χ0n) is 23.5. The summed E-state index contributed by atoms with van der Waals surface area (Å²) in [6, 6.07) is 6.15. The van der Waals surface area contributed by atoms with Crippen molar-refractivity contribution >= 4 is 11.5 Å². The first-order valence-electron chi connectivity index (χ1n) is 13.1. The minimum absolute atomic E-state index is 0.0707. The van der Waals surface area contributed by atoms with Crippen LogP contribution in [-0.2, 0) is 13.5 Å². The molecule has 0 bridgehead atoms. The standard InChI is InChI=1S/C28H31F3N8O2/c1-17-26(39-16-25(34-35-39)24-14-33-37(5)18(24)2)8-19(13-32-17)9-27(40)20-10-22(12-23(11-20)41-28(29,30)31)38-7-6-21(15-38)36(3)4/h8,10-14,16,21H,6-7,9,15H2,1-5H3. The number of hydrogen-bond donors (Lipinski definition) is 0. The smallest absolute Gasteiger partial charge is 0.406 e. The predicted molar refractivity (Wildman–Crippen MR) is 146 cm³/mol. The number of hydrogen-bond acceptors (Lipinski definition) is 8. The third kappa shape index (κ3) is 6.24. The van der Waals surface area contributed by atoms with Crippen LogP contribution >= 0.6 is 0 Å². The molecular weight excluding hydrogens is 537 g/mol. The molecule has 5 rings (SSSR count). The molecule has 3 aromatic heterocycles. The molecule has 216 valence electrons. The van der Waals surface area contributed by atoms with Crippen LogP contribution in [-0.4, -0.2) is 80.0 Å². The Labute approximate surface area is 235 Å². The average Bonchev–Trinajstić information content (AvgIpc) is 3.65. The number of aryl methyl sites for hydroxylation is 2. The monoisotopic (exact) mass is 568 g/mol. The van der Waals surface area contributed by atoms with E-state index in [4.69, 9.17) is 0 Å². The van der Waals surface area contributed by atoms with Gasteiger partial charge in [-0.05, 0) is 58.1 Å². The number of pyridine rings is 1. The van der Waals surface area contributed by atoms with Crippen LogP contribution in [0.3, 0.4) is 0 Å². The van der Waals surface area contributed by atoms with Crippen LogP contribution in [0, 0.1) is 13.8 Å². The summed E-state index contributed by atoms with van der Waals surface area (Å²) in [5, 5.41) is 12.8. The SMILES string of the molecule is Cc1ncc(CC(=O)c2cc(OC(F)(F)F)cc(N3CCC(N(C)C)C3)c2)cc1-n1cc(-c2cnn(C)c2C)nn1. The van der Waals surface area contributed by atoms with Gasteiger partial charge in [-0.3, -0.25) is 14.5 Å². The molecule has 4 heterocycles. The number of ketones is 1. The molecule has 4 aromatic rings. The van der Waals surface area contributed by atoms with Crippen molar-refractivity contribution in [1.29, 1.82) is 0 Å². The molecule has 1 unspecified atom stereocenters. The number of likely N-dealkylation sites (N-methyl/N-ethyl adjacent to an activating group) is 1. The number of aromatic nitrogens is 6. The van der Waals surface area contributed by atoms with Crippen LogP contribution < -0.4 is 9.64 Å². The molecule has 1 fully saturated rings. The van der Waals surface area contributed by atoms with Gasteiger partial charge < -0.3 is 14.5 Å². The third-order valence-corrected chi connectivity index (χ3v) is 7.44. The number of carbonyl (C=O) groups excluding carboxylic acids is 1. The van der Waals surface area contributed by atoms with Crippen molar-refractivity contribution in [2.45, 2.75) is 39.1 Å². The van der Waals surface area contributed by atoms with E-state index < -0.39 is 12.1 Å². The highest BCUT2D eigenvalue weighted by Crippen LogP contribution is 2.32. The fourth-order valence-corrected chi connectivity index (χ4v) is 4.95. The van der Waals surface area contributed by atoms with Gasteiger partial charge in [0.15, 0.2) is 5.78 Å². The molecule has 10 nitrogen and oxygen atoms in total. The summed E-state index contributed by atoms with van der Waals surface area (Å²) in [5.74, 6) is -0.778. The highest BCUT2D eigenvalue weighted by Gasteiger charge is 2.32. The number of benzene rings is 1. The van der Waals surface area contributed by atoms with E-state index in [2.05, 4.69) is 30.0 Å². The Bertz CT molecular complexity index is 1580. The summed E-state index contributed by atoms with van der Waals surface area (Å²) in [6.07, 6.45) is 0.982. The number of anilines is 1. The first-order chi connectivity index (χ1) is 19.4. The van der Waals surface area contributed by atoms with E-state index in [9.17, 15) is 18.0 Å². The number of Topliss-reactive ketones (excluding diaryl/α,β-unsaturated/α-hetero) is 1. The van der Waals surface area contributed by atoms with Crippen molar-refractivity contribution in [3.63, 3.8) is 0 Å². The van der Waals surface area contributed by atoms with Gasteiger partial charge in [0.2, 0.25) is 0 Å². The van der Waals surface area contributed by atoms with Crippen molar-refractivity contribution in [2.75, 3.05) is 32.1 Å². The lowest BCUT2D eigenvalue weighted by Crippen LogP contribution is -2.31. The second-order valence-corrected chi connectivity index (χ2v) is 10.5. The van der Waals surface area contributed by atoms with Gasteiger partial charge >= 0.3 is 6.36 Å². The van der Waals surface area contributed by atoms with E-state index in [0.29, 0.717) is 41.4 Å². The van der Waals surface area contributed by atoms with Crippen molar-refractivity contribution in [3.05, 3.63) is 65.4 Å². The Morgan fingerprint density at radius 2 is 1.93 bits per heavy atom. The summed E-state index contributed by atoms with van der Waals surface area (Å²) in [5.41, 5.74) is 4.97. The number of rotatable bonds is 8. The summed E-state index contributed by atoms with van der Waals surface area (Å²) in [4.78, 5) is 21.9. The first-order valence-corrected chi connectivity index (χ1v) is 13.1. The van der Waals surface area contributed by atoms with Gasteiger partial charge in [0.25, 0.3) is 0 Å². The topological polar surface area (TPSA) is 94.2 Å². The average molecular weight is 569 g/mol. The van der Waals surface area contributed by atoms with E-state index in [1.54, 1.807) is 40.1 Å². The number of alkyl halides is 3. The van der Waals surface area contributed by atoms with Crippen molar-refractivity contribution in [2.24, 2.45) is 7.05 Å². The molecule has 0 spiro atoms. The zero-order valence-corrected chi connectivity index (χ0v) is 23.5. The molecule has 0 N–H and O–H groups in total. The van der Waals surface area contributed by atoms with E-state index in [1.807, 2.05) is 39.9 Å². The van der Waals surface area contributed by atoms with Crippen LogP contribution in [0.25, 0.3) is 16.9 Å². The van der Waals surface area contributed by atoms with Crippen LogP contribution in [0.5, 0.6) is 5.75 Å². The summed E-state index contributed by atoms with van der Waals surface area (Å²) >= 11 is 0. The minimum Gasteiger partial charge on any atom is -0.406 e. The third-order valence-electron chi connectivity index (χ3n) is 7.44. The lowest BCUT2D eigenvalue weighted by atomic mass is 10.0. The normalized spacial score (nSPS) is 15.6. The van der Waals surface area contributed by atoms with E-state index in [0.717, 1.165) is 23.7 Å². The van der Waals surface area contributed by atoms with Crippen molar-refractivity contribution in [3.8, 4) is 22.7 Å². The number of halogens is 3. The van der Waals surface area contributed by atoms with Gasteiger partial charge in [-0.15, -0.1) is 18.3 Å². The van der Waals surface area contributed by atoms with Gasteiger partial charge in [-0.2, -0.15) is 5.10 Å². The molecule has 1 aliphatic rings. The van der Waals surface area contributed by atoms with Crippen LogP contribution in [0.1, 0.15) is 33.7 Å². The Balaban J connectivity index is 1.41. The summed E-state index contributed by atoms with van der Waals surface area (Å²) < 4.78 is 46.9. The maximum atomic E-state index is 13.4. The molecule has 0 saturated carbocycles.